The van der Waals surface area contributed by atoms with Crippen LogP contribution < -0.4 is 5.73 Å². The van der Waals surface area contributed by atoms with E-state index in [2.05, 4.69) is 10.7 Å². The van der Waals surface area contributed by atoms with Crippen LogP contribution >= 0.6 is 0 Å². The van der Waals surface area contributed by atoms with Crippen molar-refractivity contribution in [1.29, 1.82) is 0 Å². The van der Waals surface area contributed by atoms with Crippen LogP contribution in [0.25, 0.3) is 0 Å². The number of halogens is 3. The summed E-state index contributed by atoms with van der Waals surface area (Å²) in [6, 6.07) is 3.08. The van der Waals surface area contributed by atoms with Crippen molar-refractivity contribution in [1.82, 2.24) is 4.98 Å². The minimum absolute atomic E-state index is 0.220. The highest BCUT2D eigenvalue weighted by Crippen LogP contribution is 2.10. The summed E-state index contributed by atoms with van der Waals surface area (Å²) in [5, 5.41) is 8.34. The number of rotatable bonds is 1. The third kappa shape index (κ3) is 7.44. The number of aromatic nitrogens is 1. The molecule has 0 fully saturated rings. The highest BCUT2D eigenvalue weighted by Gasteiger charge is 2.23. The van der Waals surface area contributed by atoms with Crippen molar-refractivity contribution in [3.05, 3.63) is 30.1 Å². The summed E-state index contributed by atoms with van der Waals surface area (Å²) in [4.78, 5) is 13.8. The molecule has 1 aromatic heterocycles. The molecule has 0 atom stereocenters. The second kappa shape index (κ2) is 5.97. The number of carbonyl (C=O) groups is 1. The number of pyridine rings is 1. The van der Waals surface area contributed by atoms with Crippen LogP contribution in [0.2, 0.25) is 0 Å². The molecule has 0 saturated carbocycles. The lowest BCUT2D eigenvalue weighted by molar-refractivity contribution is -0.118. The summed E-state index contributed by atoms with van der Waals surface area (Å²) < 4.78 is 32.0. The molecule has 0 spiro atoms. The van der Waals surface area contributed by atoms with E-state index in [1.54, 1.807) is 6.07 Å². The van der Waals surface area contributed by atoms with Gasteiger partial charge < -0.3 is 10.8 Å². The molecule has 0 saturated heterocycles. The first-order chi connectivity index (χ1) is 6.87. The molecule has 7 heteroatoms. The summed E-state index contributed by atoms with van der Waals surface area (Å²) in [7, 11) is 0. The molecule has 0 aliphatic carbocycles. The maximum atomic E-state index is 10.7. The van der Waals surface area contributed by atoms with Crippen LogP contribution in [0.4, 0.5) is 13.2 Å². The fraction of sp³-hybridized carbons (Fsp3) is 0.250. The number of hydrogen-bond donors (Lipinski definition) is 2. The van der Waals surface area contributed by atoms with E-state index in [1.165, 1.54) is 18.5 Å². The van der Waals surface area contributed by atoms with Crippen molar-refractivity contribution >= 4 is 5.97 Å². The predicted octanol–water partition coefficient (Wildman–Crippen LogP) is 1.29. The van der Waals surface area contributed by atoms with Crippen LogP contribution in [0.1, 0.15) is 10.4 Å². The molecule has 0 unspecified atom stereocenters. The van der Waals surface area contributed by atoms with Crippen LogP contribution in [0.15, 0.2) is 24.5 Å². The van der Waals surface area contributed by atoms with Gasteiger partial charge in [0.1, 0.15) is 0 Å². The molecule has 4 nitrogen and oxygen atoms in total. The Morgan fingerprint density at radius 2 is 2.07 bits per heavy atom. The van der Waals surface area contributed by atoms with Crippen molar-refractivity contribution in [3.63, 3.8) is 0 Å². The van der Waals surface area contributed by atoms with Gasteiger partial charge in [0.2, 0.25) is 0 Å². The van der Waals surface area contributed by atoms with Crippen LogP contribution in [-0.2, 0) is 0 Å². The van der Waals surface area contributed by atoms with E-state index in [1.807, 2.05) is 0 Å². The van der Waals surface area contributed by atoms with Gasteiger partial charge in [-0.05, 0) is 12.1 Å². The molecule has 1 heterocycles. The van der Waals surface area contributed by atoms with Gasteiger partial charge in [0, 0.05) is 12.4 Å². The van der Waals surface area contributed by atoms with E-state index in [9.17, 15) is 18.0 Å². The van der Waals surface area contributed by atoms with Crippen molar-refractivity contribution < 1.29 is 23.1 Å². The lowest BCUT2D eigenvalue weighted by Gasteiger charge is -1.96. The van der Waals surface area contributed by atoms with Crippen molar-refractivity contribution in [2.45, 2.75) is 6.18 Å². The number of carboxylic acid groups (broad SMARTS) is 1. The van der Waals surface area contributed by atoms with Gasteiger partial charge in [-0.15, -0.1) is 0 Å². The largest absolute Gasteiger partial charge is 0.478 e. The number of alkyl halides is 3. The van der Waals surface area contributed by atoms with E-state index < -0.39 is 18.7 Å². The van der Waals surface area contributed by atoms with Crippen LogP contribution in [0, 0.1) is 0 Å². The zero-order chi connectivity index (χ0) is 11.9. The minimum Gasteiger partial charge on any atom is -0.478 e. The molecule has 84 valence electrons. The van der Waals surface area contributed by atoms with E-state index in [0.717, 1.165) is 0 Å². The first-order valence-electron chi connectivity index (χ1n) is 3.77. The fourth-order valence-corrected chi connectivity index (χ4v) is 0.489. The average Bonchev–Trinajstić information content (AvgIpc) is 2.19. The molecule has 0 aliphatic heterocycles. The Balaban J connectivity index is 0.000000288. The van der Waals surface area contributed by atoms with Gasteiger partial charge in [-0.2, -0.15) is 13.2 Å². The summed E-state index contributed by atoms with van der Waals surface area (Å²) in [5.41, 5.74) is 4.40. The van der Waals surface area contributed by atoms with E-state index >= 15 is 0 Å². The molecule has 15 heavy (non-hydrogen) atoms. The number of carboxylic acids is 1. The zero-order valence-corrected chi connectivity index (χ0v) is 7.53. The summed E-state index contributed by atoms with van der Waals surface area (Å²) in [6.45, 7) is -1.23. The second-order valence-electron chi connectivity index (χ2n) is 2.37. The van der Waals surface area contributed by atoms with Gasteiger partial charge in [0.05, 0.1) is 12.1 Å². The zero-order valence-electron chi connectivity index (χ0n) is 7.53. The first-order valence-corrected chi connectivity index (χ1v) is 3.77. The lowest BCUT2D eigenvalue weighted by atomic mass is 10.3. The van der Waals surface area contributed by atoms with Crippen LogP contribution in [0.5, 0.6) is 0 Å². The Labute approximate surface area is 83.5 Å². The van der Waals surface area contributed by atoms with Crippen molar-refractivity contribution in [2.75, 3.05) is 6.54 Å². The quantitative estimate of drug-likeness (QED) is 0.750. The normalized spacial score (nSPS) is 10.1. The van der Waals surface area contributed by atoms with Gasteiger partial charge >= 0.3 is 12.1 Å². The van der Waals surface area contributed by atoms with Gasteiger partial charge in [0.25, 0.3) is 0 Å². The van der Waals surface area contributed by atoms with Gasteiger partial charge in [-0.3, -0.25) is 4.98 Å². The minimum atomic E-state index is -4.18. The number of nitrogens with two attached hydrogens (primary N) is 1. The van der Waals surface area contributed by atoms with Gasteiger partial charge in [-0.1, -0.05) is 0 Å². The number of aromatic carboxylic acids is 1. The third-order valence-electron chi connectivity index (χ3n) is 1.14. The van der Waals surface area contributed by atoms with Crippen LogP contribution in [0.3, 0.4) is 0 Å². The molecule has 0 radical (unpaired) electrons. The molecule has 0 amide bonds. The molecule has 0 aromatic carbocycles. The fourth-order valence-electron chi connectivity index (χ4n) is 0.489. The Morgan fingerprint density at radius 1 is 1.53 bits per heavy atom. The van der Waals surface area contributed by atoms with Crippen LogP contribution in [-0.4, -0.2) is 28.8 Å². The maximum absolute atomic E-state index is 10.7. The Hall–Kier alpha value is -1.63. The van der Waals surface area contributed by atoms with E-state index in [0.29, 0.717) is 0 Å². The third-order valence-corrected chi connectivity index (χ3v) is 1.14. The standard InChI is InChI=1S/C6H5NO2.C2H4F3N/c8-6(9)5-2-1-3-7-4-5;3-2(4,5)1-6/h1-4H,(H,8,9);1,6H2. The van der Waals surface area contributed by atoms with E-state index in [-0.39, 0.29) is 5.56 Å². The molecule has 0 bridgehead atoms. The Kier molecular flexibility index (Phi) is 5.32. The van der Waals surface area contributed by atoms with E-state index in [4.69, 9.17) is 5.11 Å². The van der Waals surface area contributed by atoms with Crippen molar-refractivity contribution in [3.8, 4) is 0 Å². The predicted molar refractivity (Wildman–Crippen MR) is 46.3 cm³/mol. The maximum Gasteiger partial charge on any atom is 0.400 e. The highest BCUT2D eigenvalue weighted by atomic mass is 19.4. The van der Waals surface area contributed by atoms with Gasteiger partial charge in [-0.25, -0.2) is 4.79 Å². The lowest BCUT2D eigenvalue weighted by Crippen LogP contribution is -2.21. The molecular formula is C8H9F3N2O2. The highest BCUT2D eigenvalue weighted by molar-refractivity contribution is 5.86. The molecule has 1 rings (SSSR count). The molecule has 3 N–H and O–H groups in total. The Bertz CT molecular complexity index is 301. The summed E-state index contributed by atoms with van der Waals surface area (Å²) in [6.07, 6.45) is -1.34. The van der Waals surface area contributed by atoms with Crippen molar-refractivity contribution in [2.24, 2.45) is 5.73 Å². The topological polar surface area (TPSA) is 76.2 Å². The Morgan fingerprint density at radius 3 is 2.27 bits per heavy atom. The smallest absolute Gasteiger partial charge is 0.400 e. The number of nitrogens with zero attached hydrogens (tertiary/aromatic N) is 1. The van der Waals surface area contributed by atoms with Gasteiger partial charge in [0.15, 0.2) is 0 Å². The monoisotopic (exact) mass is 222 g/mol. The average molecular weight is 222 g/mol. The summed E-state index contributed by atoms with van der Waals surface area (Å²) >= 11 is 0. The molecular weight excluding hydrogens is 213 g/mol. The molecule has 0 aliphatic rings. The summed E-state index contributed by atoms with van der Waals surface area (Å²) in [5.74, 6) is -0.942. The number of hydrogen-bond acceptors (Lipinski definition) is 3. The molecule has 1 aromatic rings. The second-order valence-corrected chi connectivity index (χ2v) is 2.37. The first kappa shape index (κ1) is 13.4. The SMILES string of the molecule is NCC(F)(F)F.O=C(O)c1cccnc1.